The van der Waals surface area contributed by atoms with Crippen LogP contribution >= 0.6 is 44.3 Å². The average molecular weight is 458 g/mol. The molecule has 0 bridgehead atoms. The highest BCUT2D eigenvalue weighted by Crippen LogP contribution is 2.64. The Morgan fingerprint density at radius 2 is 1.52 bits per heavy atom. The van der Waals surface area contributed by atoms with E-state index in [-0.39, 0.29) is 16.0 Å². The van der Waals surface area contributed by atoms with E-state index in [2.05, 4.69) is 58.9 Å². The molecule has 0 aliphatic carbocycles. The number of benzene rings is 1. The van der Waals surface area contributed by atoms with Crippen molar-refractivity contribution in [2.24, 2.45) is 0 Å². The molecule has 0 nitrogen and oxygen atoms in total. The Morgan fingerprint density at radius 3 is 2.00 bits per heavy atom. The van der Waals surface area contributed by atoms with E-state index in [1.54, 1.807) is 0 Å². The van der Waals surface area contributed by atoms with Gasteiger partial charge in [-0.25, -0.2) is 0 Å². The van der Waals surface area contributed by atoms with Gasteiger partial charge in [0.1, 0.15) is 0 Å². The van der Waals surface area contributed by atoms with Gasteiger partial charge in [-0.15, -0.1) is 44.3 Å². The van der Waals surface area contributed by atoms with Crippen molar-refractivity contribution in [2.75, 3.05) is 0 Å². The van der Waals surface area contributed by atoms with Crippen LogP contribution in [0, 0.1) is 0 Å². The lowest BCUT2D eigenvalue weighted by Gasteiger charge is -2.49. The molecule has 1 atom stereocenters. The fraction of sp³-hybridized carbons (Fsp3) is 0.684. The standard InChI is InChI=1S/C19H32Cl4Si2/c1-6-7-8-12-15-25(22,23)19(4,5)17(18(2,3)24(20)21)16-13-10-9-11-14-16/h9-11,13-14,17,24H,6-8,12,15H2,1-5H3. The van der Waals surface area contributed by atoms with Crippen molar-refractivity contribution in [3.05, 3.63) is 35.9 Å². The minimum atomic E-state index is -2.53. The van der Waals surface area contributed by atoms with E-state index < -0.39 is 14.1 Å². The largest absolute Gasteiger partial charge is 0.257 e. The van der Waals surface area contributed by atoms with Crippen LogP contribution in [0.4, 0.5) is 0 Å². The average Bonchev–Trinajstić information content (AvgIpc) is 2.52. The molecule has 0 aliphatic heterocycles. The molecule has 0 aromatic heterocycles. The van der Waals surface area contributed by atoms with Gasteiger partial charge in [-0.05, 0) is 27.6 Å². The number of hydrogen-bond donors (Lipinski definition) is 0. The predicted molar refractivity (Wildman–Crippen MR) is 123 cm³/mol. The maximum Gasteiger partial charge on any atom is 0.257 e. The Labute approximate surface area is 176 Å². The summed E-state index contributed by atoms with van der Waals surface area (Å²) in [5, 5.41) is -0.443. The van der Waals surface area contributed by atoms with Crippen LogP contribution in [0.3, 0.4) is 0 Å². The third kappa shape index (κ3) is 5.89. The molecule has 0 N–H and O–H groups in total. The molecule has 0 spiro atoms. The highest BCUT2D eigenvalue weighted by atomic mass is 35.7. The first kappa shape index (κ1) is 23.9. The van der Waals surface area contributed by atoms with Gasteiger partial charge < -0.3 is 0 Å². The summed E-state index contributed by atoms with van der Waals surface area (Å²) >= 11 is 27.3. The quantitative estimate of drug-likeness (QED) is 0.187. The van der Waals surface area contributed by atoms with Crippen LogP contribution in [0.15, 0.2) is 30.3 Å². The van der Waals surface area contributed by atoms with Gasteiger partial charge in [0.15, 0.2) is 0 Å². The second kappa shape index (κ2) is 9.84. The van der Waals surface area contributed by atoms with Crippen LogP contribution in [0.1, 0.15) is 71.8 Å². The molecular formula is C19H32Cl4Si2. The van der Waals surface area contributed by atoms with Gasteiger partial charge >= 0.3 is 0 Å². The SMILES string of the molecule is CCCCCC[Si](Cl)(Cl)C(C)(C)C(c1ccccc1)C(C)(C)[SiH](Cl)Cl. The molecule has 1 aromatic rings. The van der Waals surface area contributed by atoms with Gasteiger partial charge in [-0.1, -0.05) is 90.6 Å². The molecule has 0 heterocycles. The van der Waals surface area contributed by atoms with Gasteiger partial charge in [0.25, 0.3) is 6.69 Å². The Hall–Kier alpha value is 0.814. The second-order valence-electron chi connectivity index (χ2n) is 8.20. The van der Waals surface area contributed by atoms with Crippen LogP contribution in [0.25, 0.3) is 0 Å². The first-order chi connectivity index (χ1) is 11.5. The zero-order valence-corrected chi connectivity index (χ0v) is 21.3. The molecule has 1 unspecified atom stereocenters. The molecule has 0 saturated heterocycles. The Kier molecular flexibility index (Phi) is 9.39. The Bertz CT molecular complexity index is 515. The lowest BCUT2D eigenvalue weighted by molar-refractivity contribution is 0.408. The van der Waals surface area contributed by atoms with Crippen molar-refractivity contribution in [1.82, 2.24) is 0 Å². The molecule has 0 amide bonds. The summed E-state index contributed by atoms with van der Waals surface area (Å²) in [4.78, 5) is 0. The van der Waals surface area contributed by atoms with Gasteiger partial charge in [0.2, 0.25) is 7.42 Å². The number of hydrogen-bond acceptors (Lipinski definition) is 0. The molecule has 0 radical (unpaired) electrons. The number of rotatable bonds is 10. The van der Waals surface area contributed by atoms with E-state index in [9.17, 15) is 0 Å². The fourth-order valence-corrected chi connectivity index (χ4v) is 9.39. The van der Waals surface area contributed by atoms with E-state index in [0.717, 1.165) is 12.5 Å². The first-order valence-corrected chi connectivity index (χ1v) is 17.5. The number of unbranched alkanes of at least 4 members (excludes halogenated alkanes) is 3. The molecule has 6 heteroatoms. The van der Waals surface area contributed by atoms with Crippen LogP contribution in [-0.4, -0.2) is 14.1 Å². The zero-order valence-electron chi connectivity index (χ0n) is 16.1. The van der Waals surface area contributed by atoms with E-state index >= 15 is 0 Å². The van der Waals surface area contributed by atoms with E-state index in [4.69, 9.17) is 44.3 Å². The summed E-state index contributed by atoms with van der Waals surface area (Å²) in [7, 11) is -1.97. The number of halogens is 4. The lowest BCUT2D eigenvalue weighted by atomic mass is 9.78. The lowest BCUT2D eigenvalue weighted by Crippen LogP contribution is -2.44. The van der Waals surface area contributed by atoms with Crippen LogP contribution in [0.5, 0.6) is 0 Å². The summed E-state index contributed by atoms with van der Waals surface area (Å²) in [6.45, 7) is 8.49. The van der Waals surface area contributed by atoms with Gasteiger partial charge in [0.05, 0.1) is 0 Å². The monoisotopic (exact) mass is 456 g/mol. The molecule has 0 saturated carbocycles. The third-order valence-corrected chi connectivity index (χ3v) is 17.5. The van der Waals surface area contributed by atoms with Crippen molar-refractivity contribution < 1.29 is 0 Å². The topological polar surface area (TPSA) is 0 Å². The summed E-state index contributed by atoms with van der Waals surface area (Å²) < 4.78 is 0. The Morgan fingerprint density at radius 1 is 0.960 bits per heavy atom. The van der Waals surface area contributed by atoms with Gasteiger partial charge in [0, 0.05) is 0 Å². The molecular weight excluding hydrogens is 426 g/mol. The molecule has 0 aliphatic rings. The van der Waals surface area contributed by atoms with Gasteiger partial charge in [-0.3, -0.25) is 0 Å². The summed E-state index contributed by atoms with van der Waals surface area (Å²) in [6, 6.07) is 11.4. The summed E-state index contributed by atoms with van der Waals surface area (Å²) in [6.07, 6.45) is 4.75. The minimum Gasteiger partial charge on any atom is -0.150 e. The van der Waals surface area contributed by atoms with E-state index in [0.29, 0.717) is 0 Å². The maximum absolute atomic E-state index is 7.10. The molecule has 1 rings (SSSR count). The predicted octanol–water partition coefficient (Wildman–Crippen LogP) is 8.53. The van der Waals surface area contributed by atoms with E-state index in [1.807, 2.05) is 6.07 Å². The zero-order chi connectivity index (χ0) is 19.3. The fourth-order valence-electron chi connectivity index (χ4n) is 3.85. The molecule has 25 heavy (non-hydrogen) atoms. The molecule has 1 aromatic carbocycles. The highest BCUT2D eigenvalue weighted by Gasteiger charge is 2.56. The molecule has 0 fully saturated rings. The normalized spacial score (nSPS) is 14.8. The van der Waals surface area contributed by atoms with Crippen molar-refractivity contribution >= 4 is 58.4 Å². The highest BCUT2D eigenvalue weighted by molar-refractivity contribution is 7.46. The van der Waals surface area contributed by atoms with Crippen molar-refractivity contribution in [3.8, 4) is 0 Å². The van der Waals surface area contributed by atoms with Crippen molar-refractivity contribution in [2.45, 2.75) is 82.3 Å². The first-order valence-electron chi connectivity index (χ1n) is 9.19. The summed E-state index contributed by atoms with van der Waals surface area (Å²) in [5.74, 6) is 0.140. The third-order valence-electron chi connectivity index (χ3n) is 5.45. The van der Waals surface area contributed by atoms with Crippen LogP contribution < -0.4 is 0 Å². The Balaban J connectivity index is 3.23. The van der Waals surface area contributed by atoms with E-state index in [1.165, 1.54) is 24.8 Å². The van der Waals surface area contributed by atoms with Crippen molar-refractivity contribution in [3.63, 3.8) is 0 Å². The molecule has 144 valence electrons. The minimum absolute atomic E-state index is 0.140. The maximum atomic E-state index is 7.10. The second-order valence-corrected chi connectivity index (χ2v) is 21.2. The van der Waals surface area contributed by atoms with Crippen LogP contribution in [0.2, 0.25) is 16.1 Å². The summed E-state index contributed by atoms with van der Waals surface area (Å²) in [5.41, 5.74) is 1.24. The smallest absolute Gasteiger partial charge is 0.150 e. The van der Waals surface area contributed by atoms with Crippen molar-refractivity contribution in [1.29, 1.82) is 0 Å². The van der Waals surface area contributed by atoms with Crippen LogP contribution in [-0.2, 0) is 0 Å². The van der Waals surface area contributed by atoms with Gasteiger partial charge in [-0.2, -0.15) is 0 Å².